The molecule has 1 fully saturated rings. The summed E-state index contributed by atoms with van der Waals surface area (Å²) in [4.78, 5) is 16.4. The van der Waals surface area contributed by atoms with Gasteiger partial charge in [0.25, 0.3) is 0 Å². The van der Waals surface area contributed by atoms with Crippen LogP contribution in [0.3, 0.4) is 0 Å². The predicted octanol–water partition coefficient (Wildman–Crippen LogP) is 3.35. The van der Waals surface area contributed by atoms with Crippen molar-refractivity contribution in [2.45, 2.75) is 58.4 Å². The van der Waals surface area contributed by atoms with Crippen molar-refractivity contribution in [1.29, 1.82) is 0 Å². The second-order valence-electron chi connectivity index (χ2n) is 6.64. The van der Waals surface area contributed by atoms with Crippen LogP contribution in [0, 0.1) is 11.8 Å². The van der Waals surface area contributed by atoms with E-state index in [0.717, 1.165) is 30.4 Å². The maximum atomic E-state index is 12.2. The van der Waals surface area contributed by atoms with E-state index in [9.17, 15) is 4.79 Å². The maximum absolute atomic E-state index is 12.2. The van der Waals surface area contributed by atoms with E-state index in [1.54, 1.807) is 13.3 Å². The van der Waals surface area contributed by atoms with Crippen LogP contribution in [0.5, 0.6) is 5.75 Å². The highest BCUT2D eigenvalue weighted by Gasteiger charge is 2.22. The molecule has 2 atom stereocenters. The minimum atomic E-state index is 0.0747. The summed E-state index contributed by atoms with van der Waals surface area (Å²) in [7, 11) is 1.61. The molecule has 2 rings (SSSR count). The lowest BCUT2D eigenvalue weighted by molar-refractivity contribution is -0.121. The Labute approximate surface area is 133 Å². The van der Waals surface area contributed by atoms with Crippen LogP contribution in [0.2, 0.25) is 0 Å². The van der Waals surface area contributed by atoms with E-state index in [0.29, 0.717) is 18.2 Å². The highest BCUT2D eigenvalue weighted by Crippen LogP contribution is 2.28. The first-order chi connectivity index (χ1) is 10.6. The molecule has 1 amide bonds. The number of methoxy groups -OCH3 is 1. The molecule has 1 aromatic heterocycles. The molecular weight excluding hydrogens is 276 g/mol. The summed E-state index contributed by atoms with van der Waals surface area (Å²) < 4.78 is 5.08. The first-order valence-electron chi connectivity index (χ1n) is 8.36. The molecule has 4 nitrogen and oxygen atoms in total. The summed E-state index contributed by atoms with van der Waals surface area (Å²) in [5, 5.41) is 3.19. The SMILES string of the molecule is COc1ccc(CC(=O)NC2CCCC(C(C)C)CC2)nc1. The van der Waals surface area contributed by atoms with Gasteiger partial charge in [-0.3, -0.25) is 9.78 Å². The fourth-order valence-corrected chi connectivity index (χ4v) is 3.22. The molecule has 0 bridgehead atoms. The minimum Gasteiger partial charge on any atom is -0.495 e. The Morgan fingerprint density at radius 2 is 2.14 bits per heavy atom. The van der Waals surface area contributed by atoms with Gasteiger partial charge in [0, 0.05) is 11.7 Å². The van der Waals surface area contributed by atoms with Gasteiger partial charge in [0.15, 0.2) is 0 Å². The molecule has 4 heteroatoms. The summed E-state index contributed by atoms with van der Waals surface area (Å²) in [6.07, 6.45) is 7.94. The van der Waals surface area contributed by atoms with Crippen LogP contribution in [0.15, 0.2) is 18.3 Å². The Hall–Kier alpha value is -1.58. The maximum Gasteiger partial charge on any atom is 0.226 e. The molecule has 1 N–H and O–H groups in total. The van der Waals surface area contributed by atoms with Gasteiger partial charge in [-0.2, -0.15) is 0 Å². The van der Waals surface area contributed by atoms with Crippen molar-refractivity contribution in [3.63, 3.8) is 0 Å². The number of rotatable bonds is 5. The summed E-state index contributed by atoms with van der Waals surface area (Å²) >= 11 is 0. The predicted molar refractivity (Wildman–Crippen MR) is 87.8 cm³/mol. The second kappa shape index (κ2) is 8.16. The molecule has 0 saturated heterocycles. The van der Waals surface area contributed by atoms with Crippen molar-refractivity contribution in [3.8, 4) is 5.75 Å². The van der Waals surface area contributed by atoms with Crippen LogP contribution in [-0.2, 0) is 11.2 Å². The third-order valence-corrected chi connectivity index (χ3v) is 4.70. The number of carbonyl (C=O) groups excluding carboxylic acids is 1. The molecule has 0 aromatic carbocycles. The smallest absolute Gasteiger partial charge is 0.226 e. The Balaban J connectivity index is 1.81. The molecule has 2 unspecified atom stereocenters. The number of nitrogens with zero attached hydrogens (tertiary/aromatic N) is 1. The van der Waals surface area contributed by atoms with E-state index < -0.39 is 0 Å². The van der Waals surface area contributed by atoms with Gasteiger partial charge >= 0.3 is 0 Å². The Bertz CT molecular complexity index is 470. The van der Waals surface area contributed by atoms with Gasteiger partial charge < -0.3 is 10.1 Å². The van der Waals surface area contributed by atoms with Gasteiger partial charge in [-0.15, -0.1) is 0 Å². The molecule has 22 heavy (non-hydrogen) atoms. The van der Waals surface area contributed by atoms with Crippen molar-refractivity contribution in [1.82, 2.24) is 10.3 Å². The molecule has 0 aliphatic heterocycles. The Morgan fingerprint density at radius 3 is 2.77 bits per heavy atom. The van der Waals surface area contributed by atoms with E-state index in [1.807, 2.05) is 12.1 Å². The van der Waals surface area contributed by atoms with E-state index in [-0.39, 0.29) is 5.91 Å². The molecule has 1 heterocycles. The van der Waals surface area contributed by atoms with Gasteiger partial charge in [0.05, 0.1) is 19.7 Å². The van der Waals surface area contributed by atoms with Crippen molar-refractivity contribution < 1.29 is 9.53 Å². The summed E-state index contributed by atoms with van der Waals surface area (Å²) in [6.45, 7) is 4.61. The Kier molecular flexibility index (Phi) is 6.22. The number of nitrogens with one attached hydrogen (secondary N) is 1. The molecule has 122 valence electrons. The Morgan fingerprint density at radius 1 is 1.32 bits per heavy atom. The zero-order chi connectivity index (χ0) is 15.9. The number of amides is 1. The molecular formula is C18H28N2O2. The van der Waals surface area contributed by atoms with Gasteiger partial charge in [-0.1, -0.05) is 26.7 Å². The number of aromatic nitrogens is 1. The number of carbonyl (C=O) groups is 1. The van der Waals surface area contributed by atoms with E-state index in [1.165, 1.54) is 19.3 Å². The monoisotopic (exact) mass is 304 g/mol. The van der Waals surface area contributed by atoms with E-state index >= 15 is 0 Å². The van der Waals surface area contributed by atoms with Crippen molar-refractivity contribution >= 4 is 5.91 Å². The standard InChI is InChI=1S/C18H28N2O2/c1-13(2)14-5-4-6-15(8-7-14)20-18(21)11-16-9-10-17(22-3)12-19-16/h9-10,12-15H,4-8,11H2,1-3H3,(H,20,21). The lowest BCUT2D eigenvalue weighted by atomic mass is 9.89. The van der Waals surface area contributed by atoms with Crippen LogP contribution < -0.4 is 10.1 Å². The first-order valence-corrected chi connectivity index (χ1v) is 8.36. The van der Waals surface area contributed by atoms with Crippen LogP contribution in [0.1, 0.15) is 51.6 Å². The zero-order valence-electron chi connectivity index (χ0n) is 14.0. The molecule has 1 saturated carbocycles. The largest absolute Gasteiger partial charge is 0.495 e. The third-order valence-electron chi connectivity index (χ3n) is 4.70. The topological polar surface area (TPSA) is 51.2 Å². The fourth-order valence-electron chi connectivity index (χ4n) is 3.22. The van der Waals surface area contributed by atoms with E-state index in [4.69, 9.17) is 4.74 Å². The van der Waals surface area contributed by atoms with Crippen LogP contribution >= 0.6 is 0 Å². The van der Waals surface area contributed by atoms with Crippen molar-refractivity contribution in [2.24, 2.45) is 11.8 Å². The van der Waals surface area contributed by atoms with E-state index in [2.05, 4.69) is 24.1 Å². The van der Waals surface area contributed by atoms with Crippen LogP contribution in [0.25, 0.3) is 0 Å². The van der Waals surface area contributed by atoms with Gasteiger partial charge in [-0.25, -0.2) is 0 Å². The number of pyridine rings is 1. The van der Waals surface area contributed by atoms with Crippen LogP contribution in [0.4, 0.5) is 0 Å². The fraction of sp³-hybridized carbons (Fsp3) is 0.667. The highest BCUT2D eigenvalue weighted by molar-refractivity contribution is 5.78. The lowest BCUT2D eigenvalue weighted by Crippen LogP contribution is -2.35. The molecule has 1 aliphatic rings. The van der Waals surface area contributed by atoms with Crippen molar-refractivity contribution in [3.05, 3.63) is 24.0 Å². The normalized spacial score (nSPS) is 22.2. The highest BCUT2D eigenvalue weighted by atomic mass is 16.5. The molecule has 0 radical (unpaired) electrons. The summed E-state index contributed by atoms with van der Waals surface area (Å²) in [6, 6.07) is 4.02. The summed E-state index contributed by atoms with van der Waals surface area (Å²) in [5.74, 6) is 2.35. The number of hydrogen-bond donors (Lipinski definition) is 1. The van der Waals surface area contributed by atoms with Gasteiger partial charge in [0.2, 0.25) is 5.91 Å². The zero-order valence-corrected chi connectivity index (χ0v) is 14.0. The number of hydrogen-bond acceptors (Lipinski definition) is 3. The second-order valence-corrected chi connectivity index (χ2v) is 6.64. The molecule has 1 aromatic rings. The average molecular weight is 304 g/mol. The number of ether oxygens (including phenoxy) is 1. The van der Waals surface area contributed by atoms with Crippen molar-refractivity contribution in [2.75, 3.05) is 7.11 Å². The first kappa shape index (κ1) is 16.8. The van der Waals surface area contributed by atoms with Gasteiger partial charge in [0.1, 0.15) is 5.75 Å². The quantitative estimate of drug-likeness (QED) is 0.849. The van der Waals surface area contributed by atoms with Crippen LogP contribution in [-0.4, -0.2) is 24.0 Å². The molecule has 0 spiro atoms. The lowest BCUT2D eigenvalue weighted by Gasteiger charge is -2.19. The molecule has 1 aliphatic carbocycles. The van der Waals surface area contributed by atoms with Gasteiger partial charge in [-0.05, 0) is 43.2 Å². The average Bonchev–Trinajstić information content (AvgIpc) is 2.73. The minimum absolute atomic E-state index is 0.0747. The summed E-state index contributed by atoms with van der Waals surface area (Å²) in [5.41, 5.74) is 0.784. The third kappa shape index (κ3) is 5.00.